The molecule has 7 nitrogen and oxygen atoms in total. The minimum atomic E-state index is -0.537. The maximum absolute atomic E-state index is 13.0. The number of hydrogen-bond acceptors (Lipinski definition) is 5. The minimum Gasteiger partial charge on any atom is -0.452 e. The molecule has 1 amide bonds. The van der Waals surface area contributed by atoms with Crippen LogP contribution >= 0.6 is 0 Å². The summed E-state index contributed by atoms with van der Waals surface area (Å²) in [5.41, 5.74) is 6.95. The summed E-state index contributed by atoms with van der Waals surface area (Å²) in [7, 11) is 0. The maximum atomic E-state index is 13.0. The number of benzene rings is 2. The molecular weight excluding hydrogens is 428 g/mol. The Morgan fingerprint density at radius 2 is 1.71 bits per heavy atom. The van der Waals surface area contributed by atoms with Gasteiger partial charge in [-0.15, -0.1) is 0 Å². The molecule has 2 aromatic heterocycles. The zero-order chi connectivity index (χ0) is 24.4. The summed E-state index contributed by atoms with van der Waals surface area (Å²) in [6.07, 6.45) is 0.695. The Kier molecular flexibility index (Phi) is 6.45. The van der Waals surface area contributed by atoms with Gasteiger partial charge >= 0.3 is 5.97 Å². The van der Waals surface area contributed by atoms with Gasteiger partial charge in [0.2, 0.25) is 0 Å². The van der Waals surface area contributed by atoms with Crippen molar-refractivity contribution in [1.29, 1.82) is 0 Å². The first kappa shape index (κ1) is 23.2. The zero-order valence-electron chi connectivity index (χ0n) is 20.1. The van der Waals surface area contributed by atoms with Crippen LogP contribution in [0.15, 0.2) is 48.5 Å². The fraction of sp³-hybridized carbons (Fsp3) is 0.259. The van der Waals surface area contributed by atoms with Crippen LogP contribution in [0.25, 0.3) is 16.6 Å². The van der Waals surface area contributed by atoms with Crippen molar-refractivity contribution in [3.8, 4) is 5.69 Å². The molecule has 0 atom stereocenters. The standard InChI is InChI=1S/C27H28N4O3/c1-6-22-17(3)25(21-9-7-8-10-23(21)28-22)27(33)34-15-24(32)29-26-18(4)30-31(19(26)5)20-13-11-16(2)12-14-20/h7-14H,6,15H2,1-5H3,(H,29,32). The van der Waals surface area contributed by atoms with Gasteiger partial charge in [-0.05, 0) is 57.9 Å². The molecule has 7 heteroatoms. The second kappa shape index (κ2) is 9.47. The lowest BCUT2D eigenvalue weighted by molar-refractivity contribution is -0.119. The van der Waals surface area contributed by atoms with Gasteiger partial charge in [0.05, 0.1) is 33.8 Å². The molecule has 0 saturated carbocycles. The SMILES string of the molecule is CCc1nc2ccccc2c(C(=O)OCC(=O)Nc2c(C)nn(-c3ccc(C)cc3)c2C)c1C. The quantitative estimate of drug-likeness (QED) is 0.412. The molecule has 174 valence electrons. The maximum Gasteiger partial charge on any atom is 0.339 e. The smallest absolute Gasteiger partial charge is 0.339 e. The van der Waals surface area contributed by atoms with E-state index in [9.17, 15) is 9.59 Å². The van der Waals surface area contributed by atoms with Crippen LogP contribution in [0.1, 0.15) is 45.5 Å². The third-order valence-corrected chi connectivity index (χ3v) is 5.94. The van der Waals surface area contributed by atoms with Crippen LogP contribution in [0, 0.1) is 27.7 Å². The van der Waals surface area contributed by atoms with Crippen LogP contribution < -0.4 is 5.32 Å². The molecule has 0 aliphatic carbocycles. The van der Waals surface area contributed by atoms with Crippen molar-refractivity contribution < 1.29 is 14.3 Å². The number of ether oxygens (including phenoxy) is 1. The predicted octanol–water partition coefficient (Wildman–Crippen LogP) is 5.01. The minimum absolute atomic E-state index is 0.398. The Morgan fingerprint density at radius 3 is 2.41 bits per heavy atom. The largest absolute Gasteiger partial charge is 0.452 e. The number of nitrogens with one attached hydrogen (secondary N) is 1. The number of fused-ring (bicyclic) bond motifs is 1. The van der Waals surface area contributed by atoms with Gasteiger partial charge < -0.3 is 10.1 Å². The average Bonchev–Trinajstić information content (AvgIpc) is 3.11. The lowest BCUT2D eigenvalue weighted by Gasteiger charge is -2.13. The number of esters is 1. The van der Waals surface area contributed by atoms with Crippen molar-refractivity contribution in [3.63, 3.8) is 0 Å². The molecule has 4 aromatic rings. The number of pyridine rings is 1. The first-order chi connectivity index (χ1) is 16.3. The summed E-state index contributed by atoms with van der Waals surface area (Å²) in [5.74, 6) is -0.959. The number of nitrogens with zero attached hydrogens (tertiary/aromatic N) is 3. The number of anilines is 1. The van der Waals surface area contributed by atoms with Crippen molar-refractivity contribution in [1.82, 2.24) is 14.8 Å². The number of hydrogen-bond donors (Lipinski definition) is 1. The highest BCUT2D eigenvalue weighted by atomic mass is 16.5. The summed E-state index contributed by atoms with van der Waals surface area (Å²) in [6.45, 7) is 9.20. The average molecular weight is 457 g/mol. The first-order valence-electron chi connectivity index (χ1n) is 11.3. The molecule has 0 unspecified atom stereocenters. The third-order valence-electron chi connectivity index (χ3n) is 5.94. The van der Waals surface area contributed by atoms with Crippen LogP contribution in [0.3, 0.4) is 0 Å². The Hall–Kier alpha value is -4.00. The van der Waals surface area contributed by atoms with E-state index in [0.29, 0.717) is 28.8 Å². The number of aryl methyl sites for hydroxylation is 3. The summed E-state index contributed by atoms with van der Waals surface area (Å²) in [5, 5.41) is 8.12. The van der Waals surface area contributed by atoms with Crippen LogP contribution in [-0.2, 0) is 16.0 Å². The van der Waals surface area contributed by atoms with Crippen molar-refractivity contribution >= 4 is 28.5 Å². The van der Waals surface area contributed by atoms with E-state index in [2.05, 4.69) is 15.4 Å². The molecule has 0 radical (unpaired) electrons. The number of amides is 1. The molecule has 2 heterocycles. The fourth-order valence-corrected chi connectivity index (χ4v) is 4.11. The van der Waals surface area contributed by atoms with Crippen LogP contribution in [-0.4, -0.2) is 33.2 Å². The molecule has 0 bridgehead atoms. The monoisotopic (exact) mass is 456 g/mol. The van der Waals surface area contributed by atoms with Gasteiger partial charge in [-0.3, -0.25) is 9.78 Å². The molecule has 34 heavy (non-hydrogen) atoms. The highest BCUT2D eigenvalue weighted by molar-refractivity contribution is 6.06. The third kappa shape index (κ3) is 4.41. The summed E-state index contributed by atoms with van der Waals surface area (Å²) >= 11 is 0. The Morgan fingerprint density at radius 1 is 1.00 bits per heavy atom. The highest BCUT2D eigenvalue weighted by Crippen LogP contribution is 2.25. The van der Waals surface area contributed by atoms with Crippen molar-refractivity contribution in [2.45, 2.75) is 41.0 Å². The van der Waals surface area contributed by atoms with Crippen molar-refractivity contribution in [2.75, 3.05) is 11.9 Å². The number of carbonyl (C=O) groups excluding carboxylic acids is 2. The second-order valence-electron chi connectivity index (χ2n) is 8.35. The molecule has 0 saturated heterocycles. The highest BCUT2D eigenvalue weighted by Gasteiger charge is 2.21. The van der Waals surface area contributed by atoms with E-state index in [1.807, 2.05) is 83.1 Å². The van der Waals surface area contributed by atoms with E-state index >= 15 is 0 Å². The molecule has 4 rings (SSSR count). The van der Waals surface area contributed by atoms with E-state index in [1.54, 1.807) is 4.68 Å². The summed E-state index contributed by atoms with van der Waals surface area (Å²) in [4.78, 5) is 30.3. The van der Waals surface area contributed by atoms with E-state index in [0.717, 1.165) is 33.7 Å². The Labute approximate surface area is 198 Å². The van der Waals surface area contributed by atoms with E-state index in [4.69, 9.17) is 4.74 Å². The van der Waals surface area contributed by atoms with Crippen LogP contribution in [0.2, 0.25) is 0 Å². The lowest BCUT2D eigenvalue weighted by Crippen LogP contribution is -2.22. The number of carbonyl (C=O) groups is 2. The normalized spacial score (nSPS) is 11.0. The van der Waals surface area contributed by atoms with Gasteiger partial charge in [0.25, 0.3) is 5.91 Å². The predicted molar refractivity (Wildman–Crippen MR) is 133 cm³/mol. The van der Waals surface area contributed by atoms with E-state index < -0.39 is 18.5 Å². The van der Waals surface area contributed by atoms with Crippen LogP contribution in [0.5, 0.6) is 0 Å². The molecule has 0 spiro atoms. The summed E-state index contributed by atoms with van der Waals surface area (Å²) in [6, 6.07) is 15.4. The van der Waals surface area contributed by atoms with Gasteiger partial charge in [0.1, 0.15) is 0 Å². The fourth-order valence-electron chi connectivity index (χ4n) is 4.11. The Balaban J connectivity index is 1.51. The number of para-hydroxylation sites is 1. The molecule has 0 fully saturated rings. The molecule has 0 aliphatic heterocycles. The van der Waals surface area contributed by atoms with Crippen LogP contribution in [0.4, 0.5) is 5.69 Å². The summed E-state index contributed by atoms with van der Waals surface area (Å²) < 4.78 is 7.22. The first-order valence-corrected chi connectivity index (χ1v) is 11.3. The topological polar surface area (TPSA) is 86.1 Å². The van der Waals surface area contributed by atoms with Gasteiger partial charge in [-0.1, -0.05) is 42.8 Å². The lowest BCUT2D eigenvalue weighted by atomic mass is 10.0. The molecule has 2 aromatic carbocycles. The van der Waals surface area contributed by atoms with E-state index in [-0.39, 0.29) is 0 Å². The zero-order valence-corrected chi connectivity index (χ0v) is 20.1. The van der Waals surface area contributed by atoms with E-state index in [1.165, 1.54) is 0 Å². The number of aromatic nitrogens is 3. The van der Waals surface area contributed by atoms with Gasteiger partial charge in [0.15, 0.2) is 6.61 Å². The second-order valence-corrected chi connectivity index (χ2v) is 8.35. The molecule has 1 N–H and O–H groups in total. The van der Waals surface area contributed by atoms with Gasteiger partial charge in [-0.2, -0.15) is 5.10 Å². The molecule has 0 aliphatic rings. The van der Waals surface area contributed by atoms with Crippen molar-refractivity contribution in [3.05, 3.63) is 82.3 Å². The Bertz CT molecular complexity index is 1390. The molecular formula is C27H28N4O3. The van der Waals surface area contributed by atoms with Gasteiger partial charge in [-0.25, -0.2) is 9.48 Å². The van der Waals surface area contributed by atoms with Gasteiger partial charge in [0, 0.05) is 11.1 Å². The van der Waals surface area contributed by atoms with Crippen molar-refractivity contribution in [2.24, 2.45) is 0 Å². The number of rotatable bonds is 6.